The molecular formula is C6H13IN2O2. The molecule has 0 radical (unpaired) electrons. The summed E-state index contributed by atoms with van der Waals surface area (Å²) in [6.45, 7) is 0.242. The van der Waals surface area contributed by atoms with Crippen molar-refractivity contribution in [3.05, 3.63) is 0 Å². The number of nitrogens with zero attached hydrogens (tertiary/aromatic N) is 1. The molecule has 5 heteroatoms. The number of carbonyl (C=O) groups is 1. The van der Waals surface area contributed by atoms with E-state index >= 15 is 0 Å². The van der Waals surface area contributed by atoms with Crippen molar-refractivity contribution in [1.29, 1.82) is 0 Å². The number of alkyl halides is 1. The number of hydrogen-bond acceptors (Lipinski definition) is 3. The van der Waals surface area contributed by atoms with E-state index < -0.39 is 6.10 Å². The molecule has 0 aliphatic heterocycles. The topological polar surface area (TPSA) is 66.6 Å². The smallest absolute Gasteiger partial charge is 0.210 e. The molecule has 11 heavy (non-hydrogen) atoms. The second-order valence-electron chi connectivity index (χ2n) is 2.33. The summed E-state index contributed by atoms with van der Waals surface area (Å²) in [5.74, 6) is 0. The third-order valence-electron chi connectivity index (χ3n) is 1.35. The SMILES string of the molecule is CN(C=O)C(I)CC(O)CN. The number of aliphatic hydroxyl groups excluding tert-OH is 1. The molecular weight excluding hydrogens is 259 g/mol. The highest BCUT2D eigenvalue weighted by Gasteiger charge is 2.12. The number of hydrogen-bond donors (Lipinski definition) is 2. The monoisotopic (exact) mass is 272 g/mol. The number of rotatable bonds is 5. The lowest BCUT2D eigenvalue weighted by molar-refractivity contribution is -0.117. The Morgan fingerprint density at radius 3 is 2.73 bits per heavy atom. The van der Waals surface area contributed by atoms with E-state index in [1.54, 1.807) is 7.05 Å². The van der Waals surface area contributed by atoms with Gasteiger partial charge in [-0.1, -0.05) is 22.6 Å². The van der Waals surface area contributed by atoms with Crippen LogP contribution in [0.5, 0.6) is 0 Å². The van der Waals surface area contributed by atoms with Crippen LogP contribution in [0.4, 0.5) is 0 Å². The standard InChI is InChI=1S/C6H13IN2O2/c1-9(4-10)6(7)2-5(11)3-8/h4-6,11H,2-3,8H2,1H3. The average Bonchev–Trinajstić information content (AvgIpc) is 2.02. The van der Waals surface area contributed by atoms with Crippen LogP contribution in [0.1, 0.15) is 6.42 Å². The van der Waals surface area contributed by atoms with Gasteiger partial charge >= 0.3 is 0 Å². The Morgan fingerprint density at radius 1 is 1.82 bits per heavy atom. The molecule has 0 aromatic rings. The Balaban J connectivity index is 3.66. The molecule has 3 N–H and O–H groups in total. The molecule has 0 saturated carbocycles. The van der Waals surface area contributed by atoms with Crippen LogP contribution in [0.15, 0.2) is 0 Å². The van der Waals surface area contributed by atoms with Gasteiger partial charge in [0.2, 0.25) is 6.41 Å². The van der Waals surface area contributed by atoms with Gasteiger partial charge < -0.3 is 15.7 Å². The van der Waals surface area contributed by atoms with Gasteiger partial charge in [-0.05, 0) is 0 Å². The van der Waals surface area contributed by atoms with Crippen molar-refractivity contribution < 1.29 is 9.90 Å². The molecule has 0 rings (SSSR count). The van der Waals surface area contributed by atoms with Gasteiger partial charge in [-0.2, -0.15) is 0 Å². The maximum Gasteiger partial charge on any atom is 0.210 e. The number of nitrogens with two attached hydrogens (primary N) is 1. The van der Waals surface area contributed by atoms with E-state index in [0.29, 0.717) is 6.42 Å². The zero-order valence-electron chi connectivity index (χ0n) is 6.40. The van der Waals surface area contributed by atoms with Crippen LogP contribution in [-0.4, -0.2) is 40.2 Å². The van der Waals surface area contributed by atoms with Crippen molar-refractivity contribution >= 4 is 29.0 Å². The third-order valence-corrected chi connectivity index (χ3v) is 2.73. The van der Waals surface area contributed by atoms with Gasteiger partial charge in [0, 0.05) is 20.0 Å². The molecule has 0 aromatic heterocycles. The number of carbonyl (C=O) groups excluding carboxylic acids is 1. The summed E-state index contributed by atoms with van der Waals surface area (Å²) >= 11 is 2.09. The summed E-state index contributed by atoms with van der Waals surface area (Å²) in [6, 6.07) is 0. The van der Waals surface area contributed by atoms with Crippen LogP contribution in [0.2, 0.25) is 0 Å². The number of aliphatic hydroxyl groups is 1. The first kappa shape index (κ1) is 11.1. The van der Waals surface area contributed by atoms with Gasteiger partial charge in [0.15, 0.2) is 0 Å². The highest BCUT2D eigenvalue weighted by molar-refractivity contribution is 14.1. The van der Waals surface area contributed by atoms with Crippen LogP contribution in [0.3, 0.4) is 0 Å². The van der Waals surface area contributed by atoms with Crippen molar-refractivity contribution in [3.63, 3.8) is 0 Å². The van der Waals surface area contributed by atoms with E-state index in [4.69, 9.17) is 10.8 Å². The van der Waals surface area contributed by atoms with Crippen LogP contribution in [0.25, 0.3) is 0 Å². The second-order valence-corrected chi connectivity index (χ2v) is 3.77. The lowest BCUT2D eigenvalue weighted by Gasteiger charge is -2.20. The minimum atomic E-state index is -0.515. The lowest BCUT2D eigenvalue weighted by atomic mass is 10.2. The number of halogens is 1. The summed E-state index contributed by atoms with van der Waals surface area (Å²) in [6.07, 6.45) is 0.742. The van der Waals surface area contributed by atoms with Gasteiger partial charge in [0.25, 0.3) is 0 Å². The normalized spacial score (nSPS) is 15.6. The summed E-state index contributed by atoms with van der Waals surface area (Å²) < 4.78 is 0.0173. The Bertz CT molecular complexity index is 123. The molecule has 0 bridgehead atoms. The highest BCUT2D eigenvalue weighted by Crippen LogP contribution is 2.10. The van der Waals surface area contributed by atoms with Gasteiger partial charge in [-0.15, -0.1) is 0 Å². The quantitative estimate of drug-likeness (QED) is 0.308. The zero-order chi connectivity index (χ0) is 8.85. The van der Waals surface area contributed by atoms with Crippen LogP contribution >= 0.6 is 22.6 Å². The molecule has 2 unspecified atom stereocenters. The molecule has 1 amide bonds. The lowest BCUT2D eigenvalue weighted by Crippen LogP contribution is -2.31. The van der Waals surface area contributed by atoms with Crippen LogP contribution in [0, 0.1) is 0 Å². The van der Waals surface area contributed by atoms with E-state index in [2.05, 4.69) is 22.6 Å². The van der Waals surface area contributed by atoms with Crippen LogP contribution in [-0.2, 0) is 4.79 Å². The van der Waals surface area contributed by atoms with Crippen LogP contribution < -0.4 is 5.73 Å². The second kappa shape index (κ2) is 5.73. The van der Waals surface area contributed by atoms with E-state index in [0.717, 1.165) is 6.41 Å². The fraction of sp³-hybridized carbons (Fsp3) is 0.833. The molecule has 4 nitrogen and oxygen atoms in total. The van der Waals surface area contributed by atoms with Crippen molar-refractivity contribution in [3.8, 4) is 0 Å². The molecule has 0 heterocycles. The van der Waals surface area contributed by atoms with Crippen molar-refractivity contribution in [2.45, 2.75) is 16.6 Å². The fourth-order valence-electron chi connectivity index (χ4n) is 0.553. The van der Waals surface area contributed by atoms with Crippen molar-refractivity contribution in [1.82, 2.24) is 4.90 Å². The molecule has 0 spiro atoms. The Labute approximate surface area is 79.9 Å². The van der Waals surface area contributed by atoms with E-state index in [1.165, 1.54) is 4.90 Å². The van der Waals surface area contributed by atoms with Gasteiger partial charge in [0.1, 0.15) is 0 Å². The van der Waals surface area contributed by atoms with Gasteiger partial charge in [-0.25, -0.2) is 0 Å². The summed E-state index contributed by atoms with van der Waals surface area (Å²) in [5.41, 5.74) is 5.20. The first-order chi connectivity index (χ1) is 5.11. The largest absolute Gasteiger partial charge is 0.392 e. The molecule has 2 atom stereocenters. The maximum atomic E-state index is 10.2. The van der Waals surface area contributed by atoms with Crippen molar-refractivity contribution in [2.24, 2.45) is 5.73 Å². The molecule has 0 fully saturated rings. The van der Waals surface area contributed by atoms with Crippen molar-refractivity contribution in [2.75, 3.05) is 13.6 Å². The predicted molar refractivity (Wildman–Crippen MR) is 51.3 cm³/mol. The van der Waals surface area contributed by atoms with E-state index in [9.17, 15) is 4.79 Å². The zero-order valence-corrected chi connectivity index (χ0v) is 8.56. The number of amides is 1. The first-order valence-corrected chi connectivity index (χ1v) is 4.55. The maximum absolute atomic E-state index is 10.2. The van der Waals surface area contributed by atoms with Gasteiger partial charge in [-0.3, -0.25) is 4.79 Å². The molecule has 0 aliphatic rings. The summed E-state index contributed by atoms with van der Waals surface area (Å²) in [5, 5.41) is 9.10. The minimum Gasteiger partial charge on any atom is -0.392 e. The Morgan fingerprint density at radius 2 is 2.36 bits per heavy atom. The van der Waals surface area contributed by atoms with E-state index in [-0.39, 0.29) is 10.6 Å². The molecule has 0 aliphatic carbocycles. The third kappa shape index (κ3) is 4.54. The Kier molecular flexibility index (Phi) is 5.79. The minimum absolute atomic E-state index is 0.0173. The first-order valence-electron chi connectivity index (χ1n) is 3.31. The molecule has 0 saturated heterocycles. The predicted octanol–water partition coefficient (Wildman–Crippen LogP) is -0.455. The summed E-state index contributed by atoms with van der Waals surface area (Å²) in [7, 11) is 1.67. The summed E-state index contributed by atoms with van der Waals surface area (Å²) in [4.78, 5) is 11.7. The molecule has 0 aromatic carbocycles. The van der Waals surface area contributed by atoms with Gasteiger partial charge in [0.05, 0.1) is 10.2 Å². The Hall–Kier alpha value is 0.120. The molecule has 66 valence electrons. The average molecular weight is 272 g/mol. The van der Waals surface area contributed by atoms with E-state index in [1.807, 2.05) is 0 Å². The highest BCUT2D eigenvalue weighted by atomic mass is 127. The fourth-order valence-corrected chi connectivity index (χ4v) is 1.27.